The van der Waals surface area contributed by atoms with Gasteiger partial charge in [-0.25, -0.2) is 27.7 Å². The van der Waals surface area contributed by atoms with Gasteiger partial charge in [-0.05, 0) is 64.4 Å². The van der Waals surface area contributed by atoms with Crippen molar-refractivity contribution in [3.8, 4) is 26.8 Å². The minimum Gasteiger partial charge on any atom is -0.496 e. The lowest BCUT2D eigenvalue weighted by Crippen LogP contribution is -2.40. The van der Waals surface area contributed by atoms with E-state index in [4.69, 9.17) is 14.2 Å². The van der Waals surface area contributed by atoms with Crippen LogP contribution < -0.4 is 20.1 Å². The number of benzene rings is 3. The van der Waals surface area contributed by atoms with Gasteiger partial charge in [0.1, 0.15) is 17.4 Å². The Morgan fingerprint density at radius 1 is 0.911 bits per heavy atom. The Morgan fingerprint density at radius 2 is 1.56 bits per heavy atom. The van der Waals surface area contributed by atoms with Gasteiger partial charge in [0.2, 0.25) is 10.0 Å². The number of nitrogens with zero attached hydrogens (tertiary/aromatic N) is 1. The Morgan fingerprint density at radius 3 is 2.20 bits per heavy atom. The number of hydrogen-bond donors (Lipinski definition) is 3. The molecule has 4 rings (SSSR count). The summed E-state index contributed by atoms with van der Waals surface area (Å²) in [5.74, 6) is 0.453. The minimum atomic E-state index is -4.04. The van der Waals surface area contributed by atoms with Crippen molar-refractivity contribution in [1.29, 1.82) is 0 Å². The fraction of sp³-hybridized carbons (Fsp3) is 0.281. The molecule has 238 valence electrons. The molecule has 0 radical (unpaired) electrons. The van der Waals surface area contributed by atoms with E-state index in [1.165, 1.54) is 24.5 Å². The third kappa shape index (κ3) is 9.27. The fourth-order valence-electron chi connectivity index (χ4n) is 4.19. The average molecular weight is 653 g/mol. The Bertz CT molecular complexity index is 1770. The maximum Gasteiger partial charge on any atom is 0.411 e. The van der Waals surface area contributed by atoms with E-state index in [0.717, 1.165) is 5.56 Å². The Labute approximate surface area is 267 Å². The number of methoxy groups -OCH3 is 1. The van der Waals surface area contributed by atoms with Crippen LogP contribution in [0, 0.1) is 0 Å². The number of carbonyl (C=O) groups is 2. The largest absolute Gasteiger partial charge is 0.496 e. The highest BCUT2D eigenvalue weighted by atomic mass is 32.2. The van der Waals surface area contributed by atoms with Crippen LogP contribution >= 0.6 is 11.3 Å². The SMILES string of the molecule is COc1cc(NC(=O)OC(C)C)ccc1-c1ncc(-c2ccc(NC(=O)OCc3ccccc3)cc2S(=O)(=O)NC(C)(C)C)s1. The van der Waals surface area contributed by atoms with Crippen LogP contribution in [0.1, 0.15) is 40.2 Å². The number of ether oxygens (including phenoxy) is 3. The lowest BCUT2D eigenvalue weighted by atomic mass is 10.1. The molecule has 0 aliphatic rings. The average Bonchev–Trinajstić information content (AvgIpc) is 3.45. The van der Waals surface area contributed by atoms with E-state index < -0.39 is 27.7 Å². The van der Waals surface area contributed by atoms with E-state index in [1.54, 1.807) is 71.1 Å². The lowest BCUT2D eigenvalue weighted by molar-refractivity contribution is 0.130. The molecule has 13 heteroatoms. The van der Waals surface area contributed by atoms with Gasteiger partial charge in [0, 0.05) is 34.7 Å². The summed E-state index contributed by atoms with van der Waals surface area (Å²) in [6.45, 7) is 8.80. The molecular formula is C32H36N4O7S2. The molecule has 0 spiro atoms. The van der Waals surface area contributed by atoms with Crippen molar-refractivity contribution in [2.45, 2.75) is 57.8 Å². The van der Waals surface area contributed by atoms with Crippen molar-refractivity contribution in [2.24, 2.45) is 0 Å². The van der Waals surface area contributed by atoms with Crippen LogP contribution in [-0.4, -0.2) is 44.3 Å². The van der Waals surface area contributed by atoms with Crippen LogP contribution in [0.4, 0.5) is 21.0 Å². The van der Waals surface area contributed by atoms with Gasteiger partial charge in [0.05, 0.1) is 28.5 Å². The summed E-state index contributed by atoms with van der Waals surface area (Å²) >= 11 is 1.26. The number of hydrogen-bond acceptors (Lipinski definition) is 9. The smallest absolute Gasteiger partial charge is 0.411 e. The molecule has 3 aromatic carbocycles. The number of amides is 2. The number of sulfonamides is 1. The highest BCUT2D eigenvalue weighted by Gasteiger charge is 2.27. The molecule has 1 heterocycles. The van der Waals surface area contributed by atoms with Crippen molar-refractivity contribution in [3.63, 3.8) is 0 Å². The maximum absolute atomic E-state index is 13.6. The van der Waals surface area contributed by atoms with Gasteiger partial charge < -0.3 is 14.2 Å². The second-order valence-electron chi connectivity index (χ2n) is 11.3. The number of aromatic nitrogens is 1. The summed E-state index contributed by atoms with van der Waals surface area (Å²) in [5, 5.41) is 5.85. The van der Waals surface area contributed by atoms with Gasteiger partial charge in [0.15, 0.2) is 0 Å². The Kier molecular flexibility index (Phi) is 10.5. The first-order chi connectivity index (χ1) is 21.2. The number of anilines is 2. The predicted octanol–water partition coefficient (Wildman–Crippen LogP) is 7.27. The molecular weight excluding hydrogens is 617 g/mol. The van der Waals surface area contributed by atoms with Gasteiger partial charge in [0.25, 0.3) is 0 Å². The zero-order valence-corrected chi connectivity index (χ0v) is 27.5. The second kappa shape index (κ2) is 14.1. The van der Waals surface area contributed by atoms with Crippen molar-refractivity contribution >= 4 is 44.9 Å². The standard InChI is InChI=1S/C32H36N4O7S2/c1-20(2)43-31(38)35-22-12-14-24(26(16-22)41-6)29-33-18-27(44-29)25-15-13-23(17-28(25)45(39,40)36-32(3,4)5)34-30(37)42-19-21-10-8-7-9-11-21/h7-18,20,36H,19H2,1-6H3,(H,34,37)(H,35,38). The maximum atomic E-state index is 13.6. The van der Waals surface area contributed by atoms with Crippen molar-refractivity contribution in [2.75, 3.05) is 17.7 Å². The minimum absolute atomic E-state index is 0.0383. The molecule has 45 heavy (non-hydrogen) atoms. The molecule has 11 nitrogen and oxygen atoms in total. The summed E-state index contributed by atoms with van der Waals surface area (Å²) in [6.07, 6.45) is 0.00122. The zero-order chi connectivity index (χ0) is 32.8. The van der Waals surface area contributed by atoms with E-state index in [2.05, 4.69) is 20.3 Å². The Balaban J connectivity index is 1.64. The molecule has 0 unspecified atom stereocenters. The van der Waals surface area contributed by atoms with Crippen LogP contribution in [0.15, 0.2) is 77.8 Å². The van der Waals surface area contributed by atoms with Crippen LogP contribution in [0.25, 0.3) is 21.0 Å². The van der Waals surface area contributed by atoms with Gasteiger partial charge >= 0.3 is 12.2 Å². The van der Waals surface area contributed by atoms with E-state index in [9.17, 15) is 18.0 Å². The van der Waals surface area contributed by atoms with Crippen LogP contribution in [0.5, 0.6) is 5.75 Å². The number of rotatable bonds is 10. The van der Waals surface area contributed by atoms with E-state index in [1.807, 2.05) is 30.3 Å². The molecule has 0 saturated carbocycles. The van der Waals surface area contributed by atoms with E-state index in [0.29, 0.717) is 32.4 Å². The summed E-state index contributed by atoms with van der Waals surface area (Å²) < 4.78 is 46.0. The molecule has 1 aromatic heterocycles. The normalized spacial score (nSPS) is 11.6. The van der Waals surface area contributed by atoms with E-state index in [-0.39, 0.29) is 23.3 Å². The molecule has 0 fully saturated rings. The summed E-state index contributed by atoms with van der Waals surface area (Å²) in [4.78, 5) is 29.7. The topological polar surface area (TPSA) is 145 Å². The molecule has 4 aromatic rings. The monoisotopic (exact) mass is 652 g/mol. The number of thiazole rings is 1. The fourth-order valence-corrected chi connectivity index (χ4v) is 6.91. The van der Waals surface area contributed by atoms with Crippen molar-refractivity contribution < 1.29 is 32.2 Å². The van der Waals surface area contributed by atoms with Crippen molar-refractivity contribution in [3.05, 3.63) is 78.5 Å². The van der Waals surface area contributed by atoms with Crippen LogP contribution in [0.2, 0.25) is 0 Å². The number of nitrogens with one attached hydrogen (secondary N) is 3. The van der Waals surface area contributed by atoms with Gasteiger partial charge in [-0.15, -0.1) is 11.3 Å². The van der Waals surface area contributed by atoms with E-state index >= 15 is 0 Å². The Hall–Kier alpha value is -4.46. The predicted molar refractivity (Wildman–Crippen MR) is 175 cm³/mol. The summed E-state index contributed by atoms with van der Waals surface area (Å²) in [5.41, 5.74) is 1.82. The second-order valence-corrected chi connectivity index (χ2v) is 14.0. The van der Waals surface area contributed by atoms with Gasteiger partial charge in [-0.3, -0.25) is 10.6 Å². The molecule has 0 aliphatic heterocycles. The van der Waals surface area contributed by atoms with Gasteiger partial charge in [-0.1, -0.05) is 36.4 Å². The van der Waals surface area contributed by atoms with Gasteiger partial charge in [-0.2, -0.15) is 0 Å². The quantitative estimate of drug-likeness (QED) is 0.162. The lowest BCUT2D eigenvalue weighted by Gasteiger charge is -2.22. The molecule has 0 bridgehead atoms. The zero-order valence-electron chi connectivity index (χ0n) is 25.8. The molecule has 0 atom stereocenters. The first-order valence-corrected chi connectivity index (χ1v) is 16.3. The van der Waals surface area contributed by atoms with Crippen LogP contribution in [0.3, 0.4) is 0 Å². The number of carbonyl (C=O) groups excluding carboxylic acids is 2. The third-order valence-corrected chi connectivity index (χ3v) is 8.82. The molecule has 0 saturated heterocycles. The summed E-state index contributed by atoms with van der Waals surface area (Å²) in [7, 11) is -2.54. The van der Waals surface area contributed by atoms with Crippen LogP contribution in [-0.2, 0) is 26.1 Å². The third-order valence-electron chi connectivity index (χ3n) is 5.96. The highest BCUT2D eigenvalue weighted by molar-refractivity contribution is 7.89. The van der Waals surface area contributed by atoms with Crippen molar-refractivity contribution in [1.82, 2.24) is 9.71 Å². The highest BCUT2D eigenvalue weighted by Crippen LogP contribution is 2.40. The first kappa shape index (κ1) is 33.4. The molecule has 2 amide bonds. The molecule has 3 N–H and O–H groups in total. The summed E-state index contributed by atoms with van der Waals surface area (Å²) in [6, 6.07) is 18.9. The first-order valence-electron chi connectivity index (χ1n) is 14.0. The molecule has 0 aliphatic carbocycles.